The van der Waals surface area contributed by atoms with Crippen LogP contribution in [0.3, 0.4) is 0 Å². The van der Waals surface area contributed by atoms with Crippen molar-refractivity contribution >= 4 is 21.1 Å². The third-order valence-electron chi connectivity index (χ3n) is 3.47. The fraction of sp³-hybridized carbons (Fsp3) is 0.556. The Bertz CT molecular complexity index is 634. The van der Waals surface area contributed by atoms with Crippen molar-refractivity contribution in [1.82, 2.24) is 5.32 Å². The number of carbonyl (C=O) groups is 2. The Kier molecular flexibility index (Phi) is 9.39. The highest BCUT2D eigenvalue weighted by Crippen LogP contribution is 2.21. The molecule has 1 amide bonds. The average Bonchev–Trinajstić information content (AvgIpc) is 2.61. The van der Waals surface area contributed by atoms with E-state index in [1.54, 1.807) is 39.0 Å². The van der Waals surface area contributed by atoms with E-state index in [9.17, 15) is 9.59 Å². The molecule has 0 bridgehead atoms. The summed E-state index contributed by atoms with van der Waals surface area (Å²) in [5.41, 5.74) is -0.667. The second kappa shape index (κ2) is 11.0. The molecule has 158 valence electrons. The molecule has 0 heterocycles. The summed E-state index contributed by atoms with van der Waals surface area (Å²) >= 11 is 0. The van der Waals surface area contributed by atoms with E-state index >= 15 is 0 Å². The maximum atomic E-state index is 11.9. The van der Waals surface area contributed by atoms with Crippen LogP contribution in [0, 0.1) is 0 Å². The van der Waals surface area contributed by atoms with Crippen LogP contribution in [0.25, 0.3) is 0 Å². The van der Waals surface area contributed by atoms with Gasteiger partial charge in [0.2, 0.25) is 0 Å². The number of amides is 1. The summed E-state index contributed by atoms with van der Waals surface area (Å²) in [7, 11) is 1.95. The van der Waals surface area contributed by atoms with Crippen molar-refractivity contribution in [2.75, 3.05) is 27.9 Å². The molecule has 0 unspecified atom stereocenters. The van der Waals surface area contributed by atoms with Gasteiger partial charge in [0.1, 0.15) is 17.1 Å². The number of ether oxygens (including phenoxy) is 3. The second-order valence-corrected chi connectivity index (χ2v) is 9.85. The van der Waals surface area contributed by atoms with Crippen LogP contribution in [-0.4, -0.2) is 54.5 Å². The van der Waals surface area contributed by atoms with Crippen molar-refractivity contribution in [2.45, 2.75) is 38.8 Å². The number of hydrogen-bond acceptors (Lipinski definition) is 8. The molecule has 0 fully saturated rings. The summed E-state index contributed by atoms with van der Waals surface area (Å²) in [6.45, 7) is 5.56. The predicted molar refractivity (Wildman–Crippen MR) is 104 cm³/mol. The van der Waals surface area contributed by atoms with Crippen LogP contribution >= 0.6 is 0 Å². The number of hydrogen-bond donors (Lipinski definition) is 1. The Labute approximate surface area is 166 Å². The fourth-order valence-corrected chi connectivity index (χ4v) is 3.89. The third kappa shape index (κ3) is 8.70. The molecule has 0 aliphatic heterocycles. The van der Waals surface area contributed by atoms with Gasteiger partial charge < -0.3 is 32.8 Å². The van der Waals surface area contributed by atoms with Gasteiger partial charge in [-0.1, -0.05) is 6.07 Å². The molecule has 1 N–H and O–H groups in total. The first-order valence-corrected chi connectivity index (χ1v) is 10.7. The molecule has 0 saturated heterocycles. The van der Waals surface area contributed by atoms with Crippen LogP contribution in [0.5, 0.6) is 11.5 Å². The topological polar surface area (TPSA) is 102 Å². The highest BCUT2D eigenvalue weighted by atomic mass is 28.4. The van der Waals surface area contributed by atoms with E-state index < -0.39 is 26.7 Å². The summed E-state index contributed by atoms with van der Waals surface area (Å²) in [6.07, 6.45) is -0.872. The standard InChI is InChI=1S/C18H29NO8Si/c1-18(2,3)27-17(21)26-15-10-7-9-14(13-15)25-16(20)19-11-8-12-28(22-4,23-5)24-6/h7,9-10,13H,8,11-12H2,1-6H3,(H,19,20). The van der Waals surface area contributed by atoms with E-state index in [0.717, 1.165) is 0 Å². The SMILES string of the molecule is CO[Si](CCCNC(=O)Oc1cccc(OC(=O)OC(C)(C)C)c1)(OC)OC. The molecule has 1 aromatic rings. The molecule has 0 radical (unpaired) electrons. The predicted octanol–water partition coefficient (Wildman–Crippen LogP) is 3.36. The molecule has 0 aliphatic carbocycles. The number of carbonyl (C=O) groups excluding carboxylic acids is 2. The zero-order chi connectivity index (χ0) is 21.2. The first-order valence-electron chi connectivity index (χ1n) is 8.75. The van der Waals surface area contributed by atoms with Crippen LogP contribution in [0.4, 0.5) is 9.59 Å². The Morgan fingerprint density at radius 3 is 2.11 bits per heavy atom. The molecule has 10 heteroatoms. The molecule has 1 rings (SSSR count). The number of rotatable bonds is 9. The van der Waals surface area contributed by atoms with Crippen LogP contribution in [0.15, 0.2) is 24.3 Å². The summed E-state index contributed by atoms with van der Waals surface area (Å²) in [5.74, 6) is 0.434. The fourth-order valence-electron chi connectivity index (χ4n) is 2.16. The van der Waals surface area contributed by atoms with Gasteiger partial charge in [0.25, 0.3) is 0 Å². The monoisotopic (exact) mass is 415 g/mol. The van der Waals surface area contributed by atoms with Gasteiger partial charge >= 0.3 is 21.1 Å². The maximum absolute atomic E-state index is 11.9. The molecule has 0 spiro atoms. The van der Waals surface area contributed by atoms with Crippen molar-refractivity contribution in [3.8, 4) is 11.5 Å². The lowest BCUT2D eigenvalue weighted by Crippen LogP contribution is -2.43. The zero-order valence-electron chi connectivity index (χ0n) is 17.2. The second-order valence-electron chi connectivity index (χ2n) is 6.76. The van der Waals surface area contributed by atoms with E-state index in [0.29, 0.717) is 19.0 Å². The minimum Gasteiger partial charge on any atom is -0.428 e. The first-order chi connectivity index (χ1) is 13.1. The third-order valence-corrected chi connectivity index (χ3v) is 6.30. The summed E-state index contributed by atoms with van der Waals surface area (Å²) < 4.78 is 31.3. The lowest BCUT2D eigenvalue weighted by atomic mass is 10.2. The normalized spacial score (nSPS) is 11.6. The molecule has 0 saturated carbocycles. The van der Waals surface area contributed by atoms with Gasteiger partial charge in [-0.2, -0.15) is 0 Å². The molecular formula is C18H29NO8Si. The van der Waals surface area contributed by atoms with E-state index in [1.165, 1.54) is 27.4 Å². The molecule has 28 heavy (non-hydrogen) atoms. The van der Waals surface area contributed by atoms with Gasteiger partial charge in [0.05, 0.1) is 0 Å². The largest absolute Gasteiger partial charge is 0.514 e. The van der Waals surface area contributed by atoms with Crippen LogP contribution < -0.4 is 14.8 Å². The zero-order valence-corrected chi connectivity index (χ0v) is 18.2. The molecule has 0 aromatic heterocycles. The highest BCUT2D eigenvalue weighted by molar-refractivity contribution is 6.60. The molecule has 0 aliphatic rings. The van der Waals surface area contributed by atoms with Gasteiger partial charge in [0, 0.05) is 40.0 Å². The summed E-state index contributed by atoms with van der Waals surface area (Å²) in [6, 6.07) is 6.69. The number of benzene rings is 1. The quantitative estimate of drug-likeness (QED) is 0.284. The van der Waals surface area contributed by atoms with Crippen molar-refractivity contribution < 1.29 is 37.1 Å². The van der Waals surface area contributed by atoms with Crippen LogP contribution in [0.2, 0.25) is 6.04 Å². The van der Waals surface area contributed by atoms with Gasteiger partial charge in [-0.3, -0.25) is 0 Å². The van der Waals surface area contributed by atoms with Crippen molar-refractivity contribution in [2.24, 2.45) is 0 Å². The van der Waals surface area contributed by atoms with Crippen molar-refractivity contribution in [1.29, 1.82) is 0 Å². The van der Waals surface area contributed by atoms with Crippen LogP contribution in [-0.2, 0) is 18.0 Å². The van der Waals surface area contributed by atoms with Crippen LogP contribution in [0.1, 0.15) is 27.2 Å². The van der Waals surface area contributed by atoms with Crippen molar-refractivity contribution in [3.63, 3.8) is 0 Å². The van der Waals surface area contributed by atoms with E-state index in [-0.39, 0.29) is 11.5 Å². The van der Waals surface area contributed by atoms with Gasteiger partial charge in [0.15, 0.2) is 0 Å². The van der Waals surface area contributed by atoms with E-state index in [2.05, 4.69) is 5.32 Å². The molecule has 9 nitrogen and oxygen atoms in total. The Balaban J connectivity index is 2.47. The smallest absolute Gasteiger partial charge is 0.428 e. The Morgan fingerprint density at radius 2 is 1.57 bits per heavy atom. The minimum absolute atomic E-state index is 0.204. The lowest BCUT2D eigenvalue weighted by molar-refractivity contribution is 0.0206. The van der Waals surface area contributed by atoms with E-state index in [4.69, 9.17) is 27.5 Å². The molecular weight excluding hydrogens is 386 g/mol. The number of nitrogens with one attached hydrogen (secondary N) is 1. The molecule has 0 atom stereocenters. The van der Waals surface area contributed by atoms with E-state index in [1.807, 2.05) is 0 Å². The minimum atomic E-state index is -2.66. The summed E-state index contributed by atoms with van der Waals surface area (Å²) in [5, 5.41) is 2.63. The maximum Gasteiger partial charge on any atom is 0.514 e. The van der Waals surface area contributed by atoms with Gasteiger partial charge in [-0.05, 0) is 39.3 Å². The van der Waals surface area contributed by atoms with Gasteiger partial charge in [-0.15, -0.1) is 0 Å². The summed E-state index contributed by atoms with van der Waals surface area (Å²) in [4.78, 5) is 23.6. The lowest BCUT2D eigenvalue weighted by Gasteiger charge is -2.24. The Morgan fingerprint density at radius 1 is 1.00 bits per heavy atom. The highest BCUT2D eigenvalue weighted by Gasteiger charge is 2.36. The molecule has 1 aromatic carbocycles. The first kappa shape index (κ1) is 23.9. The Hall–Kier alpha value is -2.14. The average molecular weight is 416 g/mol. The van der Waals surface area contributed by atoms with Gasteiger partial charge in [-0.25, -0.2) is 9.59 Å². The van der Waals surface area contributed by atoms with Crippen molar-refractivity contribution in [3.05, 3.63) is 24.3 Å².